The van der Waals surface area contributed by atoms with E-state index in [0.29, 0.717) is 17.7 Å². The number of anilines is 2. The molecule has 0 spiro atoms. The molecule has 4 rings (SSSR count). The topological polar surface area (TPSA) is 73.4 Å². The molecule has 5 heteroatoms. The molecule has 5 nitrogen and oxygen atoms in total. The van der Waals surface area contributed by atoms with Crippen LogP contribution in [0.2, 0.25) is 0 Å². The number of phenolic OH excluding ortho intramolecular Hbond substituents is 1. The SMILES string of the molecule is O=C1NCC2=C1[C@H](c1ccccc1O)Nc1ccccc1N2. The molecule has 0 radical (unpaired) electrons. The molecule has 0 fully saturated rings. The highest BCUT2D eigenvalue weighted by molar-refractivity contribution is 6.01. The number of rotatable bonds is 1. The predicted octanol–water partition coefficient (Wildman–Crippen LogP) is 2.35. The summed E-state index contributed by atoms with van der Waals surface area (Å²) >= 11 is 0. The van der Waals surface area contributed by atoms with Crippen molar-refractivity contribution >= 4 is 17.3 Å². The summed E-state index contributed by atoms with van der Waals surface area (Å²) in [4.78, 5) is 12.3. The maximum atomic E-state index is 12.3. The van der Waals surface area contributed by atoms with E-state index in [1.165, 1.54) is 0 Å². The Balaban J connectivity index is 1.90. The van der Waals surface area contributed by atoms with E-state index in [1.54, 1.807) is 12.1 Å². The monoisotopic (exact) mass is 293 g/mol. The number of phenols is 1. The fourth-order valence-corrected chi connectivity index (χ4v) is 2.99. The molecule has 0 unspecified atom stereocenters. The largest absolute Gasteiger partial charge is 0.508 e. The van der Waals surface area contributed by atoms with Crippen molar-refractivity contribution in [3.05, 3.63) is 65.4 Å². The van der Waals surface area contributed by atoms with E-state index in [9.17, 15) is 9.90 Å². The molecule has 2 aliphatic rings. The first-order chi connectivity index (χ1) is 10.7. The number of para-hydroxylation sites is 3. The van der Waals surface area contributed by atoms with Gasteiger partial charge in [0.2, 0.25) is 0 Å². The molecule has 0 aromatic heterocycles. The zero-order valence-corrected chi connectivity index (χ0v) is 11.8. The van der Waals surface area contributed by atoms with Gasteiger partial charge in [0.15, 0.2) is 0 Å². The van der Waals surface area contributed by atoms with E-state index >= 15 is 0 Å². The number of fused-ring (bicyclic) bond motifs is 1. The summed E-state index contributed by atoms with van der Waals surface area (Å²) in [5, 5.41) is 19.7. The van der Waals surface area contributed by atoms with Crippen LogP contribution in [-0.4, -0.2) is 17.6 Å². The normalized spacial score (nSPS) is 19.5. The molecular formula is C17H15N3O2. The molecule has 0 bridgehead atoms. The van der Waals surface area contributed by atoms with Gasteiger partial charge in [-0.25, -0.2) is 0 Å². The summed E-state index contributed by atoms with van der Waals surface area (Å²) in [5.74, 6) is 0.0574. The van der Waals surface area contributed by atoms with Crippen molar-refractivity contribution in [3.8, 4) is 5.75 Å². The van der Waals surface area contributed by atoms with Gasteiger partial charge in [-0.1, -0.05) is 30.3 Å². The van der Waals surface area contributed by atoms with Gasteiger partial charge in [-0.05, 0) is 18.2 Å². The van der Waals surface area contributed by atoms with E-state index in [1.807, 2.05) is 36.4 Å². The molecule has 2 heterocycles. The third-order valence-electron chi connectivity index (χ3n) is 4.04. The van der Waals surface area contributed by atoms with Gasteiger partial charge < -0.3 is 21.1 Å². The van der Waals surface area contributed by atoms with Crippen LogP contribution in [0.1, 0.15) is 11.6 Å². The minimum atomic E-state index is -0.394. The molecule has 2 aliphatic heterocycles. The number of benzene rings is 2. The van der Waals surface area contributed by atoms with Crippen LogP contribution in [0.15, 0.2) is 59.8 Å². The second-order valence-corrected chi connectivity index (χ2v) is 5.38. The summed E-state index contributed by atoms with van der Waals surface area (Å²) in [6, 6.07) is 14.5. The summed E-state index contributed by atoms with van der Waals surface area (Å²) in [6.45, 7) is 0.467. The van der Waals surface area contributed by atoms with Gasteiger partial charge in [-0.15, -0.1) is 0 Å². The van der Waals surface area contributed by atoms with Gasteiger partial charge in [0, 0.05) is 11.3 Å². The highest BCUT2D eigenvalue weighted by Gasteiger charge is 2.34. The first-order valence-electron chi connectivity index (χ1n) is 7.16. The fraction of sp³-hybridized carbons (Fsp3) is 0.118. The smallest absolute Gasteiger partial charge is 0.251 e. The molecule has 22 heavy (non-hydrogen) atoms. The lowest BCUT2D eigenvalue weighted by Crippen LogP contribution is -2.24. The van der Waals surface area contributed by atoms with Crippen LogP contribution in [0.3, 0.4) is 0 Å². The Hall–Kier alpha value is -2.95. The van der Waals surface area contributed by atoms with Gasteiger partial charge in [0.25, 0.3) is 5.91 Å². The molecule has 2 aromatic rings. The van der Waals surface area contributed by atoms with E-state index in [2.05, 4.69) is 16.0 Å². The van der Waals surface area contributed by atoms with Crippen LogP contribution in [-0.2, 0) is 4.79 Å². The van der Waals surface area contributed by atoms with Gasteiger partial charge >= 0.3 is 0 Å². The third-order valence-corrected chi connectivity index (χ3v) is 4.04. The Kier molecular flexibility index (Phi) is 2.79. The van der Waals surface area contributed by atoms with Crippen molar-refractivity contribution in [3.63, 3.8) is 0 Å². The predicted molar refractivity (Wildman–Crippen MR) is 84.6 cm³/mol. The van der Waals surface area contributed by atoms with Crippen LogP contribution < -0.4 is 16.0 Å². The minimum Gasteiger partial charge on any atom is -0.508 e. The highest BCUT2D eigenvalue weighted by Crippen LogP contribution is 2.40. The molecule has 2 aromatic carbocycles. The molecular weight excluding hydrogens is 278 g/mol. The number of hydrogen-bond donors (Lipinski definition) is 4. The van der Waals surface area contributed by atoms with Crippen molar-refractivity contribution < 1.29 is 9.90 Å². The quantitative estimate of drug-likeness (QED) is 0.651. The second-order valence-electron chi connectivity index (χ2n) is 5.38. The van der Waals surface area contributed by atoms with Crippen molar-refractivity contribution in [2.75, 3.05) is 17.2 Å². The lowest BCUT2D eigenvalue weighted by molar-refractivity contribution is -0.116. The maximum absolute atomic E-state index is 12.3. The lowest BCUT2D eigenvalue weighted by Gasteiger charge is -2.21. The van der Waals surface area contributed by atoms with Crippen LogP contribution in [0.25, 0.3) is 0 Å². The summed E-state index contributed by atoms with van der Waals surface area (Å²) < 4.78 is 0. The summed E-state index contributed by atoms with van der Waals surface area (Å²) in [7, 11) is 0. The van der Waals surface area contributed by atoms with E-state index in [4.69, 9.17) is 0 Å². The average molecular weight is 293 g/mol. The molecule has 0 saturated heterocycles. The zero-order valence-electron chi connectivity index (χ0n) is 11.8. The maximum Gasteiger partial charge on any atom is 0.251 e. The molecule has 1 atom stereocenters. The van der Waals surface area contributed by atoms with E-state index < -0.39 is 6.04 Å². The van der Waals surface area contributed by atoms with Gasteiger partial charge in [-0.3, -0.25) is 4.79 Å². The van der Waals surface area contributed by atoms with Crippen molar-refractivity contribution in [1.82, 2.24) is 5.32 Å². The highest BCUT2D eigenvalue weighted by atomic mass is 16.3. The number of nitrogens with one attached hydrogen (secondary N) is 3. The van der Waals surface area contributed by atoms with Crippen LogP contribution >= 0.6 is 0 Å². The van der Waals surface area contributed by atoms with Crippen molar-refractivity contribution in [1.29, 1.82) is 0 Å². The number of hydrogen-bond acceptors (Lipinski definition) is 4. The van der Waals surface area contributed by atoms with E-state index in [0.717, 1.165) is 17.1 Å². The number of carbonyl (C=O) groups is 1. The minimum absolute atomic E-state index is 0.115. The van der Waals surface area contributed by atoms with Gasteiger partial charge in [-0.2, -0.15) is 0 Å². The number of aromatic hydroxyl groups is 1. The summed E-state index contributed by atoms with van der Waals surface area (Å²) in [5.41, 5.74) is 3.97. The first-order valence-corrected chi connectivity index (χ1v) is 7.16. The lowest BCUT2D eigenvalue weighted by atomic mass is 9.97. The molecule has 110 valence electrons. The van der Waals surface area contributed by atoms with Crippen LogP contribution in [0.5, 0.6) is 5.75 Å². The zero-order chi connectivity index (χ0) is 15.1. The number of carbonyl (C=O) groups excluding carboxylic acids is 1. The van der Waals surface area contributed by atoms with E-state index in [-0.39, 0.29) is 11.7 Å². The Morgan fingerprint density at radius 1 is 1.00 bits per heavy atom. The summed E-state index contributed by atoms with van der Waals surface area (Å²) in [6.07, 6.45) is 0. The Morgan fingerprint density at radius 2 is 1.73 bits per heavy atom. The Labute approximate surface area is 127 Å². The molecule has 1 amide bonds. The molecule has 0 aliphatic carbocycles. The fourth-order valence-electron chi connectivity index (χ4n) is 2.99. The average Bonchev–Trinajstić information content (AvgIpc) is 2.79. The molecule has 0 saturated carbocycles. The molecule has 4 N–H and O–H groups in total. The second kappa shape index (κ2) is 4.80. The third kappa shape index (κ3) is 1.90. The number of amides is 1. The van der Waals surface area contributed by atoms with Crippen LogP contribution in [0, 0.1) is 0 Å². The Morgan fingerprint density at radius 3 is 2.55 bits per heavy atom. The van der Waals surface area contributed by atoms with Crippen LogP contribution in [0.4, 0.5) is 11.4 Å². The Bertz CT molecular complexity index is 798. The first kappa shape index (κ1) is 12.8. The van der Waals surface area contributed by atoms with Gasteiger partial charge in [0.1, 0.15) is 5.75 Å². The standard InChI is InChI=1S/C17H15N3O2/c21-14-8-4-1-5-10(14)16-15-13(9-18-17(15)22)19-11-6-2-3-7-12(11)20-16/h1-8,16,19-21H,9H2,(H,18,22)/t16-/m0/s1. The van der Waals surface area contributed by atoms with Crippen molar-refractivity contribution in [2.24, 2.45) is 0 Å². The van der Waals surface area contributed by atoms with Crippen molar-refractivity contribution in [2.45, 2.75) is 6.04 Å². The van der Waals surface area contributed by atoms with Gasteiger partial charge in [0.05, 0.1) is 29.5 Å².